The molecule has 2 aliphatic heterocycles. The molecule has 32 heavy (non-hydrogen) atoms. The fourth-order valence-electron chi connectivity index (χ4n) is 4.42. The number of aryl methyl sites for hydroxylation is 2. The second kappa shape index (κ2) is 9.35. The number of rotatable bonds is 3. The molecule has 0 aromatic carbocycles. The Balaban J connectivity index is 0.000000360. The molecule has 2 aromatic rings. The van der Waals surface area contributed by atoms with Crippen LogP contribution in [0.2, 0.25) is 0 Å². The number of hydrogen-bond acceptors (Lipinski definition) is 6. The van der Waals surface area contributed by atoms with E-state index in [1.807, 2.05) is 18.7 Å². The first-order valence-corrected chi connectivity index (χ1v) is 10.3. The average Bonchev–Trinajstić information content (AvgIpc) is 3.47. The minimum absolute atomic E-state index is 0.0823. The van der Waals surface area contributed by atoms with E-state index in [1.54, 1.807) is 12.3 Å². The number of carbonyl (C=O) groups excluding carboxylic acids is 1. The third-order valence-corrected chi connectivity index (χ3v) is 6.26. The third-order valence-electron chi connectivity index (χ3n) is 6.26. The molecule has 0 unspecified atom stereocenters. The molecule has 0 atom stereocenters. The highest BCUT2D eigenvalue weighted by Gasteiger charge is 2.44. The van der Waals surface area contributed by atoms with Crippen LogP contribution in [0.25, 0.3) is 0 Å². The number of carboxylic acid groups (broad SMARTS) is 1. The minimum Gasteiger partial charge on any atom is -0.475 e. The lowest BCUT2D eigenvalue weighted by Gasteiger charge is -2.45. The van der Waals surface area contributed by atoms with E-state index in [4.69, 9.17) is 18.8 Å². The molecular weight excluding hydrogens is 431 g/mol. The fourth-order valence-corrected chi connectivity index (χ4v) is 4.42. The van der Waals surface area contributed by atoms with Gasteiger partial charge in [0, 0.05) is 30.7 Å². The Labute approximate surface area is 182 Å². The van der Waals surface area contributed by atoms with Crippen LogP contribution in [-0.4, -0.2) is 63.3 Å². The van der Waals surface area contributed by atoms with Gasteiger partial charge in [0.2, 0.25) is 0 Å². The largest absolute Gasteiger partial charge is 0.490 e. The van der Waals surface area contributed by atoms with Crippen LogP contribution in [0.4, 0.5) is 13.2 Å². The van der Waals surface area contributed by atoms with Crippen LogP contribution in [0.15, 0.2) is 27.5 Å². The molecule has 1 spiro atoms. The van der Waals surface area contributed by atoms with Crippen molar-refractivity contribution in [2.45, 2.75) is 57.8 Å². The van der Waals surface area contributed by atoms with Gasteiger partial charge in [-0.3, -0.25) is 9.69 Å². The van der Waals surface area contributed by atoms with E-state index in [0.29, 0.717) is 5.56 Å². The molecule has 176 valence electrons. The van der Waals surface area contributed by atoms with Crippen LogP contribution in [0, 0.1) is 13.8 Å². The van der Waals surface area contributed by atoms with E-state index in [0.717, 1.165) is 50.5 Å². The zero-order valence-corrected chi connectivity index (χ0v) is 17.9. The van der Waals surface area contributed by atoms with Crippen molar-refractivity contribution in [2.75, 3.05) is 19.6 Å². The Morgan fingerprint density at radius 3 is 2.34 bits per heavy atom. The van der Waals surface area contributed by atoms with Crippen molar-refractivity contribution in [3.05, 3.63) is 41.2 Å². The molecule has 2 saturated heterocycles. The summed E-state index contributed by atoms with van der Waals surface area (Å²) in [7, 11) is 0. The summed E-state index contributed by atoms with van der Waals surface area (Å²) in [6, 6.07) is 1.74. The third kappa shape index (κ3) is 5.14. The van der Waals surface area contributed by atoms with E-state index in [1.165, 1.54) is 24.7 Å². The summed E-state index contributed by atoms with van der Waals surface area (Å²) in [4.78, 5) is 26.0. The Morgan fingerprint density at radius 1 is 1.19 bits per heavy atom. The van der Waals surface area contributed by atoms with Crippen LogP contribution in [0.5, 0.6) is 0 Å². The van der Waals surface area contributed by atoms with E-state index in [-0.39, 0.29) is 11.4 Å². The lowest BCUT2D eigenvalue weighted by atomic mass is 9.84. The molecule has 2 aliphatic rings. The highest BCUT2D eigenvalue weighted by atomic mass is 19.4. The number of amides is 1. The van der Waals surface area contributed by atoms with Gasteiger partial charge in [0.25, 0.3) is 5.91 Å². The van der Waals surface area contributed by atoms with Crippen molar-refractivity contribution in [3.8, 4) is 0 Å². The molecule has 1 N–H and O–H groups in total. The molecule has 11 heteroatoms. The molecular formula is C21H26F3N3O5. The fraction of sp³-hybridized carbons (Fsp3) is 0.571. The second-order valence-corrected chi connectivity index (χ2v) is 8.16. The van der Waals surface area contributed by atoms with Crippen LogP contribution in [0.1, 0.15) is 53.1 Å². The van der Waals surface area contributed by atoms with Crippen LogP contribution in [0.3, 0.4) is 0 Å². The van der Waals surface area contributed by atoms with Gasteiger partial charge in [0.15, 0.2) is 0 Å². The maximum atomic E-state index is 12.5. The van der Waals surface area contributed by atoms with E-state index < -0.39 is 12.1 Å². The molecule has 2 aromatic heterocycles. The molecule has 2 fully saturated rings. The number of hydrogen-bond donors (Lipinski definition) is 1. The van der Waals surface area contributed by atoms with Crippen LogP contribution < -0.4 is 0 Å². The Hall–Kier alpha value is -2.82. The topological polar surface area (TPSA) is 100 Å². The second-order valence-electron chi connectivity index (χ2n) is 8.16. The summed E-state index contributed by atoms with van der Waals surface area (Å²) in [6.45, 7) is 7.63. The van der Waals surface area contributed by atoms with Gasteiger partial charge in [0.05, 0.1) is 17.5 Å². The summed E-state index contributed by atoms with van der Waals surface area (Å²) in [6.07, 6.45) is 2.50. The van der Waals surface area contributed by atoms with Crippen LogP contribution in [-0.2, 0) is 11.3 Å². The number of aliphatic carboxylic acids is 1. The lowest BCUT2D eigenvalue weighted by Crippen LogP contribution is -2.53. The molecule has 0 bridgehead atoms. The monoisotopic (exact) mass is 457 g/mol. The van der Waals surface area contributed by atoms with Crippen molar-refractivity contribution in [3.63, 3.8) is 0 Å². The van der Waals surface area contributed by atoms with Crippen LogP contribution >= 0.6 is 0 Å². The highest BCUT2D eigenvalue weighted by Crippen LogP contribution is 2.40. The van der Waals surface area contributed by atoms with Crippen molar-refractivity contribution in [1.29, 1.82) is 0 Å². The van der Waals surface area contributed by atoms with Crippen molar-refractivity contribution in [2.24, 2.45) is 0 Å². The van der Waals surface area contributed by atoms with Gasteiger partial charge in [-0.05, 0) is 52.1 Å². The summed E-state index contributed by atoms with van der Waals surface area (Å²) in [5.74, 6) is -1.75. The Bertz CT molecular complexity index is 912. The molecule has 4 rings (SSSR count). The number of nitrogens with zero attached hydrogens (tertiary/aromatic N) is 3. The van der Waals surface area contributed by atoms with Gasteiger partial charge in [-0.2, -0.15) is 13.2 Å². The maximum absolute atomic E-state index is 12.5. The SMILES string of the molecule is Cc1noc(C)c1CN1CCCC12CCN(C(=O)c1ccoc1)CC2.O=C(O)C(F)(F)F. The molecule has 1 amide bonds. The first kappa shape index (κ1) is 23.8. The first-order valence-electron chi connectivity index (χ1n) is 10.3. The Kier molecular flexibility index (Phi) is 6.97. The number of carbonyl (C=O) groups is 2. The van der Waals surface area contributed by atoms with Crippen molar-refractivity contribution in [1.82, 2.24) is 15.0 Å². The molecule has 4 heterocycles. The van der Waals surface area contributed by atoms with Gasteiger partial charge >= 0.3 is 12.1 Å². The predicted molar refractivity (Wildman–Crippen MR) is 106 cm³/mol. The zero-order valence-electron chi connectivity index (χ0n) is 17.9. The Morgan fingerprint density at radius 2 is 1.84 bits per heavy atom. The smallest absolute Gasteiger partial charge is 0.475 e. The zero-order chi connectivity index (χ0) is 23.5. The molecule has 8 nitrogen and oxygen atoms in total. The number of piperidine rings is 1. The van der Waals surface area contributed by atoms with E-state index in [2.05, 4.69) is 10.1 Å². The summed E-state index contributed by atoms with van der Waals surface area (Å²) < 4.78 is 42.1. The van der Waals surface area contributed by atoms with E-state index in [9.17, 15) is 18.0 Å². The van der Waals surface area contributed by atoms with Gasteiger partial charge in [-0.15, -0.1) is 0 Å². The summed E-state index contributed by atoms with van der Waals surface area (Å²) >= 11 is 0. The van der Waals surface area contributed by atoms with Gasteiger partial charge in [-0.25, -0.2) is 4.79 Å². The summed E-state index contributed by atoms with van der Waals surface area (Å²) in [5.41, 5.74) is 3.07. The highest BCUT2D eigenvalue weighted by molar-refractivity contribution is 5.93. The molecule has 0 radical (unpaired) electrons. The van der Waals surface area contributed by atoms with E-state index >= 15 is 0 Å². The minimum atomic E-state index is -5.08. The number of likely N-dealkylation sites (tertiary alicyclic amines) is 2. The normalized spacial score (nSPS) is 18.5. The number of aromatic nitrogens is 1. The number of carboxylic acids is 1. The van der Waals surface area contributed by atoms with Gasteiger partial charge < -0.3 is 18.9 Å². The first-order chi connectivity index (χ1) is 15.0. The maximum Gasteiger partial charge on any atom is 0.490 e. The molecule has 0 saturated carbocycles. The standard InChI is InChI=1S/C19H25N3O3.C2HF3O2/c1-14-17(15(2)25-20-14)12-22-8-3-5-19(22)6-9-21(10-7-19)18(23)16-4-11-24-13-16;3-2(4,5)1(6)7/h4,11,13H,3,5-10,12H2,1-2H3;(H,6,7). The molecule has 0 aliphatic carbocycles. The quantitative estimate of drug-likeness (QED) is 0.749. The van der Waals surface area contributed by atoms with Crippen molar-refractivity contribution >= 4 is 11.9 Å². The lowest BCUT2D eigenvalue weighted by molar-refractivity contribution is -0.192. The van der Waals surface area contributed by atoms with Gasteiger partial charge in [-0.1, -0.05) is 5.16 Å². The average molecular weight is 457 g/mol. The summed E-state index contributed by atoms with van der Waals surface area (Å²) in [5, 5.41) is 11.2. The number of alkyl halides is 3. The predicted octanol–water partition coefficient (Wildman–Crippen LogP) is 3.79. The van der Waals surface area contributed by atoms with Gasteiger partial charge in [0.1, 0.15) is 12.0 Å². The number of furan rings is 1. The van der Waals surface area contributed by atoms with Crippen molar-refractivity contribution < 1.29 is 36.8 Å². The number of halogens is 3.